The summed E-state index contributed by atoms with van der Waals surface area (Å²) in [6.07, 6.45) is 6.03. The summed E-state index contributed by atoms with van der Waals surface area (Å²) >= 11 is 0. The molecule has 2 aromatic carbocycles. The van der Waals surface area contributed by atoms with E-state index in [2.05, 4.69) is 26.1 Å². The van der Waals surface area contributed by atoms with E-state index in [9.17, 15) is 9.18 Å². The van der Waals surface area contributed by atoms with Crippen LogP contribution in [0.2, 0.25) is 0 Å². The smallest absolute Gasteiger partial charge is 0.254 e. The average molecular weight is 434 g/mol. The first-order valence-electron chi connectivity index (χ1n) is 11.5. The number of aromatic nitrogens is 3. The number of aromatic amines is 1. The molecular formula is C25H28FN5O. The normalized spacial score (nSPS) is 18.8. The van der Waals surface area contributed by atoms with Gasteiger partial charge in [-0.2, -0.15) is 5.10 Å². The van der Waals surface area contributed by atoms with Gasteiger partial charge in [0.05, 0.1) is 6.04 Å². The molecule has 0 unspecified atom stereocenters. The summed E-state index contributed by atoms with van der Waals surface area (Å²) in [5, 5.41) is 7.41. The summed E-state index contributed by atoms with van der Waals surface area (Å²) < 4.78 is 13.1. The Hall–Kier alpha value is -3.22. The highest BCUT2D eigenvalue weighted by atomic mass is 19.1. The number of H-pyrrole nitrogens is 1. The number of carbonyl (C=O) groups excluding carboxylic acids is 1. The summed E-state index contributed by atoms with van der Waals surface area (Å²) in [5.74, 6) is 1.16. The zero-order valence-corrected chi connectivity index (χ0v) is 18.1. The van der Waals surface area contributed by atoms with E-state index in [4.69, 9.17) is 0 Å². The van der Waals surface area contributed by atoms with Gasteiger partial charge in [-0.25, -0.2) is 9.37 Å². The topological polar surface area (TPSA) is 65.1 Å². The van der Waals surface area contributed by atoms with Crippen LogP contribution < -0.4 is 4.90 Å². The molecule has 0 bridgehead atoms. The number of amides is 1. The van der Waals surface area contributed by atoms with E-state index in [1.54, 1.807) is 12.1 Å². The number of rotatable bonds is 5. The standard InChI is InChI=1S/C25H28FN5O/c26-20-11-9-18(10-12-20)16-23-27-24(29-28-23)22-8-5-15-31(22)25(32)19-6-4-7-21(17-19)30-13-2-1-3-14-30/h4,6-7,9-12,17,22H,1-3,5,8,13-16H2,(H,27,28,29)/t22-/m0/s1. The Morgan fingerprint density at radius 2 is 1.84 bits per heavy atom. The van der Waals surface area contributed by atoms with Crippen LogP contribution in [0.3, 0.4) is 0 Å². The highest BCUT2D eigenvalue weighted by Gasteiger charge is 2.33. The summed E-state index contributed by atoms with van der Waals surface area (Å²) in [5.41, 5.74) is 2.82. The fourth-order valence-electron chi connectivity index (χ4n) is 4.77. The lowest BCUT2D eigenvalue weighted by molar-refractivity contribution is 0.0730. The quantitative estimate of drug-likeness (QED) is 0.643. The number of hydrogen-bond acceptors (Lipinski definition) is 4. The van der Waals surface area contributed by atoms with Crippen molar-refractivity contribution >= 4 is 11.6 Å². The molecule has 1 atom stereocenters. The van der Waals surface area contributed by atoms with Crippen LogP contribution in [0.1, 0.15) is 65.7 Å². The van der Waals surface area contributed by atoms with Crippen molar-refractivity contribution in [2.75, 3.05) is 24.5 Å². The molecule has 7 heteroatoms. The predicted molar refractivity (Wildman–Crippen MR) is 121 cm³/mol. The van der Waals surface area contributed by atoms with Crippen LogP contribution in [-0.4, -0.2) is 45.6 Å². The van der Waals surface area contributed by atoms with Crippen molar-refractivity contribution in [3.63, 3.8) is 0 Å². The number of halogens is 1. The first-order chi connectivity index (χ1) is 15.7. The monoisotopic (exact) mass is 433 g/mol. The zero-order valence-electron chi connectivity index (χ0n) is 18.1. The molecule has 5 rings (SSSR count). The van der Waals surface area contributed by atoms with Crippen molar-refractivity contribution in [2.24, 2.45) is 0 Å². The van der Waals surface area contributed by atoms with Gasteiger partial charge in [-0.3, -0.25) is 9.89 Å². The van der Waals surface area contributed by atoms with Crippen molar-refractivity contribution in [3.05, 3.63) is 77.1 Å². The molecule has 6 nitrogen and oxygen atoms in total. The van der Waals surface area contributed by atoms with Crippen molar-refractivity contribution in [2.45, 2.75) is 44.6 Å². The van der Waals surface area contributed by atoms with Gasteiger partial charge in [0, 0.05) is 37.3 Å². The Balaban J connectivity index is 1.31. The first kappa shape index (κ1) is 20.7. The maximum atomic E-state index is 13.4. The molecule has 3 aromatic rings. The van der Waals surface area contributed by atoms with E-state index in [-0.39, 0.29) is 17.8 Å². The second-order valence-electron chi connectivity index (χ2n) is 8.70. The molecule has 1 N–H and O–H groups in total. The van der Waals surface area contributed by atoms with Gasteiger partial charge in [-0.05, 0) is 68.0 Å². The first-order valence-corrected chi connectivity index (χ1v) is 11.5. The molecule has 0 spiro atoms. The number of hydrogen-bond donors (Lipinski definition) is 1. The Morgan fingerprint density at radius 3 is 2.66 bits per heavy atom. The van der Waals surface area contributed by atoms with E-state index >= 15 is 0 Å². The Labute approximate surface area is 187 Å². The fourth-order valence-corrected chi connectivity index (χ4v) is 4.77. The van der Waals surface area contributed by atoms with Gasteiger partial charge in [0.2, 0.25) is 0 Å². The molecule has 3 heterocycles. The largest absolute Gasteiger partial charge is 0.372 e. The number of piperidine rings is 1. The summed E-state index contributed by atoms with van der Waals surface area (Å²) in [6, 6.07) is 14.3. The molecule has 2 aliphatic rings. The molecule has 0 radical (unpaired) electrons. The molecule has 2 aliphatic heterocycles. The minimum atomic E-state index is -0.253. The minimum Gasteiger partial charge on any atom is -0.372 e. The van der Waals surface area contributed by atoms with Crippen molar-refractivity contribution in [1.82, 2.24) is 20.1 Å². The highest BCUT2D eigenvalue weighted by Crippen LogP contribution is 2.32. The van der Waals surface area contributed by atoms with E-state index in [1.165, 1.54) is 31.4 Å². The van der Waals surface area contributed by atoms with Crippen molar-refractivity contribution < 1.29 is 9.18 Å². The average Bonchev–Trinajstić information content (AvgIpc) is 3.50. The van der Waals surface area contributed by atoms with Crippen LogP contribution >= 0.6 is 0 Å². The minimum absolute atomic E-state index is 0.0382. The third-order valence-electron chi connectivity index (χ3n) is 6.46. The summed E-state index contributed by atoms with van der Waals surface area (Å²) in [7, 11) is 0. The lowest BCUT2D eigenvalue weighted by Gasteiger charge is -2.29. The van der Waals surface area contributed by atoms with Crippen molar-refractivity contribution in [3.8, 4) is 0 Å². The molecule has 1 amide bonds. The lowest BCUT2D eigenvalue weighted by Crippen LogP contribution is -2.32. The molecule has 1 aromatic heterocycles. The molecule has 0 aliphatic carbocycles. The van der Waals surface area contributed by atoms with E-state index in [0.717, 1.165) is 48.6 Å². The summed E-state index contributed by atoms with van der Waals surface area (Å²) in [6.45, 7) is 2.81. The van der Waals surface area contributed by atoms with Gasteiger partial charge in [0.1, 0.15) is 11.6 Å². The number of benzene rings is 2. The third kappa shape index (κ3) is 4.38. The second kappa shape index (κ2) is 9.10. The Kier molecular flexibility index (Phi) is 5.88. The van der Waals surface area contributed by atoms with Crippen molar-refractivity contribution in [1.29, 1.82) is 0 Å². The molecule has 32 heavy (non-hydrogen) atoms. The second-order valence-corrected chi connectivity index (χ2v) is 8.70. The van der Waals surface area contributed by atoms with Gasteiger partial charge in [-0.1, -0.05) is 18.2 Å². The van der Waals surface area contributed by atoms with Crippen LogP contribution in [0.5, 0.6) is 0 Å². The SMILES string of the molecule is O=C(c1cccc(N2CCCCC2)c1)N1CCC[C@H]1c1n[nH]c(Cc2ccc(F)cc2)n1. The third-order valence-corrected chi connectivity index (χ3v) is 6.46. The van der Waals surface area contributed by atoms with Gasteiger partial charge >= 0.3 is 0 Å². The van der Waals surface area contributed by atoms with Gasteiger partial charge < -0.3 is 9.80 Å². The molecule has 2 saturated heterocycles. The van der Waals surface area contributed by atoms with Crippen LogP contribution in [0.25, 0.3) is 0 Å². The van der Waals surface area contributed by atoms with E-state index in [0.29, 0.717) is 18.8 Å². The number of anilines is 1. The van der Waals surface area contributed by atoms with E-state index in [1.807, 2.05) is 23.1 Å². The molecular weight excluding hydrogens is 405 g/mol. The maximum Gasteiger partial charge on any atom is 0.254 e. The van der Waals surface area contributed by atoms with Gasteiger partial charge in [0.25, 0.3) is 5.91 Å². The fraction of sp³-hybridized carbons (Fsp3) is 0.400. The van der Waals surface area contributed by atoms with Crippen LogP contribution in [0.4, 0.5) is 10.1 Å². The molecule has 166 valence electrons. The number of nitrogens with zero attached hydrogens (tertiary/aromatic N) is 4. The van der Waals surface area contributed by atoms with Gasteiger partial charge in [0.15, 0.2) is 5.82 Å². The van der Waals surface area contributed by atoms with Crippen LogP contribution in [0.15, 0.2) is 48.5 Å². The predicted octanol–water partition coefficient (Wildman–Crippen LogP) is 4.50. The number of likely N-dealkylation sites (tertiary alicyclic amines) is 1. The molecule has 0 saturated carbocycles. The zero-order chi connectivity index (χ0) is 21.9. The van der Waals surface area contributed by atoms with Crippen LogP contribution in [0, 0.1) is 5.82 Å². The Morgan fingerprint density at radius 1 is 1.03 bits per heavy atom. The van der Waals surface area contributed by atoms with Gasteiger partial charge in [-0.15, -0.1) is 0 Å². The lowest BCUT2D eigenvalue weighted by atomic mass is 10.1. The summed E-state index contributed by atoms with van der Waals surface area (Å²) in [4.78, 5) is 22.3. The highest BCUT2D eigenvalue weighted by molar-refractivity contribution is 5.95. The Bertz CT molecular complexity index is 1070. The van der Waals surface area contributed by atoms with Crippen LogP contribution in [-0.2, 0) is 6.42 Å². The molecule has 2 fully saturated rings. The van der Waals surface area contributed by atoms with E-state index < -0.39 is 0 Å². The number of nitrogens with one attached hydrogen (secondary N) is 1. The number of carbonyl (C=O) groups is 1. The maximum absolute atomic E-state index is 13.4.